The van der Waals surface area contributed by atoms with E-state index in [9.17, 15) is 9.59 Å². The molecule has 1 aliphatic heterocycles. The van der Waals surface area contributed by atoms with Gasteiger partial charge in [-0.2, -0.15) is 0 Å². The first-order valence-electron chi connectivity index (χ1n) is 6.42. The molecule has 2 rings (SSSR count). The van der Waals surface area contributed by atoms with E-state index in [4.69, 9.17) is 9.47 Å². The highest BCUT2D eigenvalue weighted by Crippen LogP contribution is 2.25. The van der Waals surface area contributed by atoms with E-state index in [2.05, 4.69) is 0 Å². The van der Waals surface area contributed by atoms with Crippen molar-refractivity contribution in [2.24, 2.45) is 0 Å². The van der Waals surface area contributed by atoms with Crippen molar-refractivity contribution < 1.29 is 19.1 Å². The molecule has 0 radical (unpaired) electrons. The van der Waals surface area contributed by atoms with Gasteiger partial charge in [-0.15, -0.1) is 0 Å². The minimum Gasteiger partial charge on any atom is -0.459 e. The van der Waals surface area contributed by atoms with Gasteiger partial charge in [-0.1, -0.05) is 12.1 Å². The van der Waals surface area contributed by atoms with Gasteiger partial charge >= 0.3 is 5.97 Å². The number of ketones is 1. The fourth-order valence-corrected chi connectivity index (χ4v) is 2.09. The Morgan fingerprint density at radius 2 is 1.89 bits per heavy atom. The van der Waals surface area contributed by atoms with Crippen LogP contribution < -0.4 is 0 Å². The number of ether oxygens (including phenoxy) is 2. The summed E-state index contributed by atoms with van der Waals surface area (Å²) in [6.07, 6.45) is 1.91. The summed E-state index contributed by atoms with van der Waals surface area (Å²) in [4.78, 5) is 23.0. The number of esters is 1. The number of benzene rings is 1. The highest BCUT2D eigenvalue weighted by Gasteiger charge is 2.31. The molecular formula is C15H18O4. The van der Waals surface area contributed by atoms with E-state index in [1.54, 1.807) is 24.3 Å². The van der Waals surface area contributed by atoms with Crippen LogP contribution in [0.1, 0.15) is 47.4 Å². The summed E-state index contributed by atoms with van der Waals surface area (Å²) < 4.78 is 10.8. The molecule has 0 unspecified atom stereocenters. The Bertz CT molecular complexity index is 469. The lowest BCUT2D eigenvalue weighted by atomic mass is 10.0. The van der Waals surface area contributed by atoms with Gasteiger partial charge < -0.3 is 9.47 Å². The fraction of sp³-hybridized carbons (Fsp3) is 0.467. The largest absolute Gasteiger partial charge is 0.459 e. The summed E-state index contributed by atoms with van der Waals surface area (Å²) in [5.74, 6) is -0.404. The zero-order valence-electron chi connectivity index (χ0n) is 11.3. The second-order valence-corrected chi connectivity index (χ2v) is 5.11. The predicted molar refractivity (Wildman–Crippen MR) is 70.3 cm³/mol. The van der Waals surface area contributed by atoms with E-state index in [0.717, 1.165) is 19.4 Å². The second kappa shape index (κ2) is 5.53. The Morgan fingerprint density at radius 1 is 1.26 bits per heavy atom. The molecule has 102 valence electrons. The molecule has 1 saturated heterocycles. The first-order valence-corrected chi connectivity index (χ1v) is 6.42. The summed E-state index contributed by atoms with van der Waals surface area (Å²) in [5.41, 5.74) is 0.684. The first kappa shape index (κ1) is 13.7. The van der Waals surface area contributed by atoms with Gasteiger partial charge in [0.15, 0.2) is 5.78 Å². The normalized spacial score (nSPS) is 22.2. The topological polar surface area (TPSA) is 52.6 Å². The number of carbonyl (C=O) groups excluding carboxylic acids is 2. The Labute approximate surface area is 112 Å². The molecule has 4 nitrogen and oxygen atoms in total. The standard InChI is InChI=1S/C15H18O4/c1-11(16)12-4-6-13(7-5-12)14(17)18-10-15(2)8-3-9-19-15/h4-7H,3,8-10H2,1-2H3/t15-/m0/s1. The summed E-state index contributed by atoms with van der Waals surface area (Å²) in [6, 6.07) is 6.48. The molecule has 0 amide bonds. The van der Waals surface area contributed by atoms with Crippen LogP contribution in [0.4, 0.5) is 0 Å². The molecule has 0 spiro atoms. The van der Waals surface area contributed by atoms with Crippen LogP contribution in [0.2, 0.25) is 0 Å². The maximum absolute atomic E-state index is 11.9. The Morgan fingerprint density at radius 3 is 2.42 bits per heavy atom. The van der Waals surface area contributed by atoms with Crippen molar-refractivity contribution in [1.29, 1.82) is 0 Å². The molecule has 0 saturated carbocycles. The van der Waals surface area contributed by atoms with Gasteiger partial charge in [0.05, 0.1) is 11.2 Å². The second-order valence-electron chi connectivity index (χ2n) is 5.11. The third-order valence-electron chi connectivity index (χ3n) is 3.34. The lowest BCUT2D eigenvalue weighted by Crippen LogP contribution is -2.31. The molecule has 1 atom stereocenters. The van der Waals surface area contributed by atoms with Gasteiger partial charge in [0.1, 0.15) is 6.61 Å². The van der Waals surface area contributed by atoms with Crippen LogP contribution >= 0.6 is 0 Å². The molecule has 0 aliphatic carbocycles. The van der Waals surface area contributed by atoms with Gasteiger partial charge in [-0.05, 0) is 38.8 Å². The Balaban J connectivity index is 1.94. The Kier molecular flexibility index (Phi) is 4.00. The first-order chi connectivity index (χ1) is 9.00. The zero-order valence-corrected chi connectivity index (χ0v) is 11.3. The van der Waals surface area contributed by atoms with Crippen LogP contribution in [0.3, 0.4) is 0 Å². The molecule has 19 heavy (non-hydrogen) atoms. The number of hydrogen-bond donors (Lipinski definition) is 0. The van der Waals surface area contributed by atoms with Gasteiger partial charge in [0.25, 0.3) is 0 Å². The third kappa shape index (κ3) is 3.41. The monoisotopic (exact) mass is 262 g/mol. The highest BCUT2D eigenvalue weighted by atomic mass is 16.6. The van der Waals surface area contributed by atoms with Crippen LogP contribution in [-0.4, -0.2) is 30.6 Å². The van der Waals surface area contributed by atoms with E-state index in [1.165, 1.54) is 6.92 Å². The Hall–Kier alpha value is -1.68. The molecule has 1 heterocycles. The zero-order chi connectivity index (χ0) is 13.9. The van der Waals surface area contributed by atoms with Crippen molar-refractivity contribution in [2.75, 3.05) is 13.2 Å². The van der Waals surface area contributed by atoms with Gasteiger partial charge in [0.2, 0.25) is 0 Å². The van der Waals surface area contributed by atoms with E-state index < -0.39 is 0 Å². The predicted octanol–water partition coefficient (Wildman–Crippen LogP) is 2.62. The molecule has 1 aromatic rings. The van der Waals surface area contributed by atoms with E-state index in [1.807, 2.05) is 6.92 Å². The molecular weight excluding hydrogens is 244 g/mol. The maximum atomic E-state index is 11.9. The van der Waals surface area contributed by atoms with Crippen molar-refractivity contribution in [2.45, 2.75) is 32.3 Å². The van der Waals surface area contributed by atoms with E-state index in [-0.39, 0.29) is 24.0 Å². The van der Waals surface area contributed by atoms with Crippen LogP contribution in [0.25, 0.3) is 0 Å². The van der Waals surface area contributed by atoms with E-state index in [0.29, 0.717) is 11.1 Å². The molecule has 1 fully saturated rings. The smallest absolute Gasteiger partial charge is 0.338 e. The number of Topliss-reactive ketones (excluding diaryl/α,β-unsaturated/α-hetero) is 1. The summed E-state index contributed by atoms with van der Waals surface area (Å²) in [7, 11) is 0. The highest BCUT2D eigenvalue weighted by molar-refractivity contribution is 5.96. The molecule has 1 aromatic carbocycles. The van der Waals surface area contributed by atoms with Crippen molar-refractivity contribution in [1.82, 2.24) is 0 Å². The molecule has 1 aliphatic rings. The molecule has 4 heteroatoms. The van der Waals surface area contributed by atoms with Crippen LogP contribution in [0.15, 0.2) is 24.3 Å². The van der Waals surface area contributed by atoms with E-state index >= 15 is 0 Å². The average Bonchev–Trinajstić information content (AvgIpc) is 2.83. The van der Waals surface area contributed by atoms with Crippen LogP contribution in [0, 0.1) is 0 Å². The summed E-state index contributed by atoms with van der Waals surface area (Å²) >= 11 is 0. The third-order valence-corrected chi connectivity index (χ3v) is 3.34. The number of carbonyl (C=O) groups is 2. The van der Waals surface area contributed by atoms with Crippen molar-refractivity contribution in [3.63, 3.8) is 0 Å². The maximum Gasteiger partial charge on any atom is 0.338 e. The molecule has 0 N–H and O–H groups in total. The average molecular weight is 262 g/mol. The van der Waals surface area contributed by atoms with Crippen molar-refractivity contribution >= 4 is 11.8 Å². The molecule has 0 aromatic heterocycles. The van der Waals surface area contributed by atoms with Crippen molar-refractivity contribution in [3.8, 4) is 0 Å². The van der Waals surface area contributed by atoms with Gasteiger partial charge in [0, 0.05) is 12.2 Å². The van der Waals surface area contributed by atoms with Crippen molar-refractivity contribution in [3.05, 3.63) is 35.4 Å². The SMILES string of the molecule is CC(=O)c1ccc(C(=O)OC[C@]2(C)CCCO2)cc1. The summed E-state index contributed by atoms with van der Waals surface area (Å²) in [6.45, 7) is 4.43. The lowest BCUT2D eigenvalue weighted by Gasteiger charge is -2.22. The van der Waals surface area contributed by atoms with Crippen LogP contribution in [0.5, 0.6) is 0 Å². The van der Waals surface area contributed by atoms with Gasteiger partial charge in [-0.3, -0.25) is 4.79 Å². The number of rotatable bonds is 4. The van der Waals surface area contributed by atoms with Crippen LogP contribution in [-0.2, 0) is 9.47 Å². The fourth-order valence-electron chi connectivity index (χ4n) is 2.09. The molecule has 0 bridgehead atoms. The minimum absolute atomic E-state index is 0.0215. The lowest BCUT2D eigenvalue weighted by molar-refractivity contribution is -0.0378. The summed E-state index contributed by atoms with van der Waals surface area (Å²) in [5, 5.41) is 0. The quantitative estimate of drug-likeness (QED) is 0.618. The number of hydrogen-bond acceptors (Lipinski definition) is 4. The minimum atomic E-state index is -0.383. The van der Waals surface area contributed by atoms with Gasteiger partial charge in [-0.25, -0.2) is 4.79 Å².